The monoisotopic (exact) mass is 444 g/mol. The first kappa shape index (κ1) is 20.6. The van der Waals surface area contributed by atoms with Crippen LogP contribution >= 0.6 is 15.9 Å². The van der Waals surface area contributed by atoms with Crippen LogP contribution in [-0.4, -0.2) is 37.0 Å². The summed E-state index contributed by atoms with van der Waals surface area (Å²) in [6, 6.07) is 16.7. The van der Waals surface area contributed by atoms with E-state index in [0.717, 1.165) is 42.5 Å². The summed E-state index contributed by atoms with van der Waals surface area (Å²) in [5.74, 6) is -0.628. The quantitative estimate of drug-likeness (QED) is 0.690. The molecule has 0 radical (unpaired) electrons. The van der Waals surface area contributed by atoms with Gasteiger partial charge in [-0.15, -0.1) is 0 Å². The molecule has 6 heteroatoms. The van der Waals surface area contributed by atoms with Crippen LogP contribution in [0.2, 0.25) is 0 Å². The molecule has 0 aliphatic carbocycles. The maximum atomic E-state index is 12.8. The maximum Gasteiger partial charge on any atom is 0.333 e. The second-order valence-electron chi connectivity index (χ2n) is 7.02. The van der Waals surface area contributed by atoms with Gasteiger partial charge in [0.25, 0.3) is 0 Å². The number of hydrogen-bond donors (Lipinski definition) is 1. The number of esters is 1. The summed E-state index contributed by atoms with van der Waals surface area (Å²) in [5, 5.41) is 2.89. The molecule has 28 heavy (non-hydrogen) atoms. The summed E-state index contributed by atoms with van der Waals surface area (Å²) in [6.45, 7) is 2.58. The summed E-state index contributed by atoms with van der Waals surface area (Å²) in [5.41, 5.74) is 1.98. The Morgan fingerprint density at radius 2 is 1.75 bits per heavy atom. The molecule has 1 N–H and O–H groups in total. The molecule has 1 atom stereocenters. The molecule has 0 bridgehead atoms. The van der Waals surface area contributed by atoms with Gasteiger partial charge in [-0.05, 0) is 43.1 Å². The molecule has 1 aliphatic rings. The standard InChI is InChI=1S/C22H25BrN2O3/c1-28-22(27)20(16-7-3-2-4-8-16)24-21(26)17-11-13-25(14-12-17)15-18-9-5-6-10-19(18)23/h2-10,17,20H,11-15H2,1H3,(H,24,26). The van der Waals surface area contributed by atoms with Crippen LogP contribution < -0.4 is 5.32 Å². The average Bonchev–Trinajstić information content (AvgIpc) is 2.74. The third-order valence-corrected chi connectivity index (χ3v) is 5.94. The number of nitrogens with zero attached hydrogens (tertiary/aromatic N) is 1. The zero-order valence-electron chi connectivity index (χ0n) is 15.9. The number of carbonyl (C=O) groups excluding carboxylic acids is 2. The highest BCUT2D eigenvalue weighted by atomic mass is 79.9. The summed E-state index contributed by atoms with van der Waals surface area (Å²) in [7, 11) is 1.34. The summed E-state index contributed by atoms with van der Waals surface area (Å²) < 4.78 is 5.99. The largest absolute Gasteiger partial charge is 0.467 e. The van der Waals surface area contributed by atoms with E-state index < -0.39 is 12.0 Å². The Morgan fingerprint density at radius 1 is 1.11 bits per heavy atom. The average molecular weight is 445 g/mol. The Bertz CT molecular complexity index is 804. The molecule has 2 aromatic rings. The van der Waals surface area contributed by atoms with Gasteiger partial charge in [-0.25, -0.2) is 4.79 Å². The van der Waals surface area contributed by atoms with Crippen LogP contribution in [-0.2, 0) is 20.9 Å². The van der Waals surface area contributed by atoms with Gasteiger partial charge in [0.1, 0.15) is 0 Å². The lowest BCUT2D eigenvalue weighted by Crippen LogP contribution is -2.43. The summed E-state index contributed by atoms with van der Waals surface area (Å²) in [4.78, 5) is 27.3. The Kier molecular flexibility index (Phi) is 7.23. The highest BCUT2D eigenvalue weighted by Crippen LogP contribution is 2.24. The minimum Gasteiger partial charge on any atom is -0.467 e. The van der Waals surface area contributed by atoms with Crippen molar-refractivity contribution in [2.24, 2.45) is 5.92 Å². The molecule has 1 amide bonds. The second-order valence-corrected chi connectivity index (χ2v) is 7.87. The number of carbonyl (C=O) groups is 2. The van der Waals surface area contributed by atoms with E-state index in [2.05, 4.69) is 32.2 Å². The van der Waals surface area contributed by atoms with E-state index in [4.69, 9.17) is 4.74 Å². The fourth-order valence-electron chi connectivity index (χ4n) is 3.52. The van der Waals surface area contributed by atoms with E-state index in [-0.39, 0.29) is 11.8 Å². The van der Waals surface area contributed by atoms with Crippen LogP contribution in [0.1, 0.15) is 30.0 Å². The fraction of sp³-hybridized carbons (Fsp3) is 0.364. The van der Waals surface area contributed by atoms with Crippen molar-refractivity contribution in [3.8, 4) is 0 Å². The number of nitrogens with one attached hydrogen (secondary N) is 1. The van der Waals surface area contributed by atoms with Crippen molar-refractivity contribution < 1.29 is 14.3 Å². The molecule has 3 rings (SSSR count). The van der Waals surface area contributed by atoms with E-state index in [1.807, 2.05) is 48.5 Å². The molecule has 0 aromatic heterocycles. The lowest BCUT2D eigenvalue weighted by Gasteiger charge is -2.32. The predicted octanol–water partition coefficient (Wildman–Crippen LogP) is 3.69. The first-order valence-electron chi connectivity index (χ1n) is 9.47. The van der Waals surface area contributed by atoms with Crippen molar-refractivity contribution in [1.82, 2.24) is 10.2 Å². The van der Waals surface area contributed by atoms with Crippen molar-refractivity contribution in [3.05, 3.63) is 70.2 Å². The number of rotatable bonds is 6. The van der Waals surface area contributed by atoms with Gasteiger partial charge in [0.2, 0.25) is 5.91 Å². The van der Waals surface area contributed by atoms with Gasteiger partial charge in [-0.2, -0.15) is 0 Å². The smallest absolute Gasteiger partial charge is 0.333 e. The van der Waals surface area contributed by atoms with Crippen molar-refractivity contribution in [1.29, 1.82) is 0 Å². The Labute approximate surface area is 174 Å². The molecule has 2 aromatic carbocycles. The van der Waals surface area contributed by atoms with Gasteiger partial charge < -0.3 is 10.1 Å². The molecule has 5 nitrogen and oxygen atoms in total. The van der Waals surface area contributed by atoms with Gasteiger partial charge >= 0.3 is 5.97 Å². The number of piperidine rings is 1. The SMILES string of the molecule is COC(=O)C(NC(=O)C1CCN(Cc2ccccc2Br)CC1)c1ccccc1. The number of methoxy groups -OCH3 is 1. The number of amides is 1. The van der Waals surface area contributed by atoms with Gasteiger partial charge in [0.05, 0.1) is 7.11 Å². The molecule has 1 saturated heterocycles. The number of ether oxygens (including phenoxy) is 1. The van der Waals surface area contributed by atoms with Crippen LogP contribution in [0.15, 0.2) is 59.1 Å². The minimum atomic E-state index is -0.767. The molecule has 1 heterocycles. The van der Waals surface area contributed by atoms with E-state index in [1.165, 1.54) is 12.7 Å². The molecular formula is C22H25BrN2O3. The minimum absolute atomic E-state index is 0.0835. The van der Waals surface area contributed by atoms with Gasteiger partial charge in [-0.3, -0.25) is 9.69 Å². The van der Waals surface area contributed by atoms with Crippen molar-refractivity contribution in [3.63, 3.8) is 0 Å². The zero-order chi connectivity index (χ0) is 19.9. The van der Waals surface area contributed by atoms with Gasteiger partial charge in [0.15, 0.2) is 6.04 Å². The second kappa shape index (κ2) is 9.85. The van der Waals surface area contributed by atoms with E-state index >= 15 is 0 Å². The van der Waals surface area contributed by atoms with Crippen LogP contribution in [0.25, 0.3) is 0 Å². The Hall–Kier alpha value is -2.18. The molecule has 0 spiro atoms. The molecule has 0 saturated carbocycles. The Morgan fingerprint density at radius 3 is 2.39 bits per heavy atom. The lowest BCUT2D eigenvalue weighted by atomic mass is 9.94. The van der Waals surface area contributed by atoms with Gasteiger partial charge in [-0.1, -0.05) is 64.5 Å². The number of hydrogen-bond acceptors (Lipinski definition) is 4. The lowest BCUT2D eigenvalue weighted by molar-refractivity contribution is -0.146. The van der Waals surface area contributed by atoms with E-state index in [0.29, 0.717) is 0 Å². The van der Waals surface area contributed by atoms with Crippen LogP contribution in [0.4, 0.5) is 0 Å². The van der Waals surface area contributed by atoms with E-state index in [9.17, 15) is 9.59 Å². The van der Waals surface area contributed by atoms with Crippen molar-refractivity contribution in [2.75, 3.05) is 20.2 Å². The highest BCUT2D eigenvalue weighted by Gasteiger charge is 2.30. The van der Waals surface area contributed by atoms with E-state index in [1.54, 1.807) is 0 Å². The van der Waals surface area contributed by atoms with Gasteiger partial charge in [0, 0.05) is 16.9 Å². The van der Waals surface area contributed by atoms with Crippen LogP contribution in [0.3, 0.4) is 0 Å². The molecule has 1 aliphatic heterocycles. The van der Waals surface area contributed by atoms with Crippen LogP contribution in [0, 0.1) is 5.92 Å². The highest BCUT2D eigenvalue weighted by molar-refractivity contribution is 9.10. The maximum absolute atomic E-state index is 12.8. The first-order chi connectivity index (χ1) is 13.6. The topological polar surface area (TPSA) is 58.6 Å². The van der Waals surface area contributed by atoms with Crippen LogP contribution in [0.5, 0.6) is 0 Å². The predicted molar refractivity (Wildman–Crippen MR) is 111 cm³/mol. The number of benzene rings is 2. The third-order valence-electron chi connectivity index (χ3n) is 5.17. The number of halogens is 1. The molecule has 1 fully saturated rings. The third kappa shape index (κ3) is 5.20. The summed E-state index contributed by atoms with van der Waals surface area (Å²) in [6.07, 6.45) is 1.55. The van der Waals surface area contributed by atoms with Crippen molar-refractivity contribution in [2.45, 2.75) is 25.4 Å². The fourth-order valence-corrected chi connectivity index (χ4v) is 3.93. The molecule has 1 unspecified atom stereocenters. The molecular weight excluding hydrogens is 420 g/mol. The Balaban J connectivity index is 1.57. The number of likely N-dealkylation sites (tertiary alicyclic amines) is 1. The first-order valence-corrected chi connectivity index (χ1v) is 10.3. The van der Waals surface area contributed by atoms with Crippen molar-refractivity contribution >= 4 is 27.8 Å². The normalized spacial score (nSPS) is 16.4. The zero-order valence-corrected chi connectivity index (χ0v) is 17.5. The summed E-state index contributed by atoms with van der Waals surface area (Å²) >= 11 is 3.59. The molecule has 148 valence electrons.